The van der Waals surface area contributed by atoms with Crippen LogP contribution < -0.4 is 0 Å². The summed E-state index contributed by atoms with van der Waals surface area (Å²) in [6.07, 6.45) is 1.98. The molecule has 14 heavy (non-hydrogen) atoms. The van der Waals surface area contributed by atoms with E-state index in [4.69, 9.17) is 0 Å². The molecule has 0 amide bonds. The highest BCUT2D eigenvalue weighted by atomic mass is 32.2. The molecular weight excluding hydrogens is 201 g/mol. The van der Waals surface area contributed by atoms with E-state index in [2.05, 4.69) is 4.36 Å². The first-order chi connectivity index (χ1) is 6.68. The summed E-state index contributed by atoms with van der Waals surface area (Å²) >= 11 is 0. The molecule has 0 N–H and O–H groups in total. The quantitative estimate of drug-likeness (QED) is 0.705. The zero-order valence-corrected chi connectivity index (χ0v) is 8.60. The highest BCUT2D eigenvalue weighted by molar-refractivity contribution is 7.93. The van der Waals surface area contributed by atoms with Crippen molar-refractivity contribution in [3.63, 3.8) is 0 Å². The first-order valence-corrected chi connectivity index (χ1v) is 6.51. The van der Waals surface area contributed by atoms with Gasteiger partial charge in [-0.2, -0.15) is 4.36 Å². The normalized spacial score (nSPS) is 19.5. The van der Waals surface area contributed by atoms with Gasteiger partial charge in [0.25, 0.3) is 0 Å². The van der Waals surface area contributed by atoms with Gasteiger partial charge in [-0.05, 0) is 37.1 Å². The number of hydrogen-bond acceptors (Lipinski definition) is 2. The van der Waals surface area contributed by atoms with Gasteiger partial charge in [0.2, 0.25) is 0 Å². The van der Waals surface area contributed by atoms with Crippen LogP contribution in [0.4, 0.5) is 10.1 Å². The smallest absolute Gasteiger partial charge is 0.123 e. The maximum atomic E-state index is 12.6. The van der Waals surface area contributed by atoms with Gasteiger partial charge in [-0.1, -0.05) is 0 Å². The van der Waals surface area contributed by atoms with E-state index in [1.165, 1.54) is 12.1 Å². The molecule has 1 aromatic rings. The van der Waals surface area contributed by atoms with Gasteiger partial charge in [-0.25, -0.2) is 8.60 Å². The Labute approximate surface area is 83.3 Å². The summed E-state index contributed by atoms with van der Waals surface area (Å²) in [6.45, 7) is 0. The summed E-state index contributed by atoms with van der Waals surface area (Å²) < 4.78 is 28.8. The average Bonchev–Trinajstić information content (AvgIpc) is 2.57. The summed E-state index contributed by atoms with van der Waals surface area (Å²) in [5, 5.41) is 0. The van der Waals surface area contributed by atoms with Crippen LogP contribution in [0.15, 0.2) is 28.6 Å². The van der Waals surface area contributed by atoms with Crippen molar-refractivity contribution >= 4 is 15.4 Å². The molecule has 1 fully saturated rings. The van der Waals surface area contributed by atoms with Crippen LogP contribution in [0.3, 0.4) is 0 Å². The van der Waals surface area contributed by atoms with E-state index < -0.39 is 9.73 Å². The van der Waals surface area contributed by atoms with Crippen molar-refractivity contribution in [3.05, 3.63) is 30.1 Å². The Morgan fingerprint density at radius 1 is 1.14 bits per heavy atom. The van der Waals surface area contributed by atoms with E-state index in [1.807, 2.05) is 0 Å². The predicted octanol–water partition coefficient (Wildman–Crippen LogP) is 2.72. The number of rotatable bonds is 1. The molecule has 0 unspecified atom stereocenters. The minimum absolute atomic E-state index is 0.287. The fraction of sp³-hybridized carbons (Fsp3) is 0.400. The monoisotopic (exact) mass is 213 g/mol. The molecular formula is C10H12FNOS. The summed E-state index contributed by atoms with van der Waals surface area (Å²) in [5.41, 5.74) is 0.623. The van der Waals surface area contributed by atoms with Gasteiger partial charge in [0.1, 0.15) is 5.82 Å². The second-order valence-electron chi connectivity index (χ2n) is 3.46. The van der Waals surface area contributed by atoms with E-state index >= 15 is 0 Å². The minimum Gasteiger partial charge on any atom is -0.249 e. The van der Waals surface area contributed by atoms with Crippen LogP contribution >= 0.6 is 0 Å². The Hall–Kier alpha value is -0.900. The van der Waals surface area contributed by atoms with Crippen molar-refractivity contribution in [2.24, 2.45) is 4.36 Å². The fourth-order valence-electron chi connectivity index (χ4n) is 1.54. The van der Waals surface area contributed by atoms with Crippen molar-refractivity contribution in [2.45, 2.75) is 12.8 Å². The maximum Gasteiger partial charge on any atom is 0.123 e. The van der Waals surface area contributed by atoms with Gasteiger partial charge in [0.05, 0.1) is 15.4 Å². The second kappa shape index (κ2) is 3.69. The fourth-order valence-corrected chi connectivity index (χ4v) is 3.75. The lowest BCUT2D eigenvalue weighted by Gasteiger charge is -1.99. The first-order valence-electron chi connectivity index (χ1n) is 4.66. The molecule has 1 aliphatic rings. The molecule has 2 rings (SSSR count). The van der Waals surface area contributed by atoms with Gasteiger partial charge in [-0.15, -0.1) is 0 Å². The van der Waals surface area contributed by atoms with Crippen LogP contribution in [0.1, 0.15) is 12.8 Å². The van der Waals surface area contributed by atoms with Crippen LogP contribution in [0, 0.1) is 5.82 Å². The van der Waals surface area contributed by atoms with E-state index in [0.29, 0.717) is 17.2 Å². The molecule has 0 aliphatic carbocycles. The molecule has 1 aromatic carbocycles. The lowest BCUT2D eigenvalue weighted by Crippen LogP contribution is -1.99. The molecule has 0 spiro atoms. The maximum absolute atomic E-state index is 12.6. The van der Waals surface area contributed by atoms with Gasteiger partial charge < -0.3 is 0 Å². The standard InChI is InChI=1S/C10H12FNOS/c11-9-3-5-10(6-4-9)12-14(13)7-1-2-8-14/h3-6H,1-2,7-8H2. The summed E-state index contributed by atoms with van der Waals surface area (Å²) in [5.74, 6) is 1.08. The van der Waals surface area contributed by atoms with Crippen molar-refractivity contribution in [1.29, 1.82) is 0 Å². The molecule has 0 saturated carbocycles. The Morgan fingerprint density at radius 3 is 2.29 bits per heavy atom. The number of hydrogen-bond donors (Lipinski definition) is 0. The van der Waals surface area contributed by atoms with Crippen molar-refractivity contribution in [2.75, 3.05) is 11.5 Å². The highest BCUT2D eigenvalue weighted by Gasteiger charge is 2.15. The van der Waals surface area contributed by atoms with Crippen LogP contribution in [0.2, 0.25) is 0 Å². The molecule has 1 heterocycles. The van der Waals surface area contributed by atoms with Crippen LogP contribution in [-0.2, 0) is 9.73 Å². The van der Waals surface area contributed by atoms with Gasteiger partial charge in [0.15, 0.2) is 0 Å². The van der Waals surface area contributed by atoms with Crippen LogP contribution in [0.25, 0.3) is 0 Å². The highest BCUT2D eigenvalue weighted by Crippen LogP contribution is 2.20. The average molecular weight is 213 g/mol. The summed E-state index contributed by atoms with van der Waals surface area (Å²) in [6, 6.07) is 5.83. The summed E-state index contributed by atoms with van der Waals surface area (Å²) in [4.78, 5) is 0. The lowest BCUT2D eigenvalue weighted by molar-refractivity contribution is 0.628. The molecule has 2 nitrogen and oxygen atoms in total. The van der Waals surface area contributed by atoms with E-state index in [0.717, 1.165) is 12.8 Å². The molecule has 76 valence electrons. The first kappa shape index (κ1) is 9.65. The van der Waals surface area contributed by atoms with Crippen LogP contribution in [-0.4, -0.2) is 15.7 Å². The third-order valence-electron chi connectivity index (χ3n) is 2.27. The predicted molar refractivity (Wildman–Crippen MR) is 55.6 cm³/mol. The van der Waals surface area contributed by atoms with E-state index in [9.17, 15) is 8.60 Å². The minimum atomic E-state index is -2.02. The molecule has 4 heteroatoms. The number of benzene rings is 1. The zero-order valence-electron chi connectivity index (χ0n) is 7.78. The third kappa shape index (κ3) is 2.12. The Bertz CT molecular complexity index is 420. The SMILES string of the molecule is O=S1(=Nc2ccc(F)cc2)CCCC1. The third-order valence-corrected chi connectivity index (χ3v) is 4.67. The number of nitrogens with zero attached hydrogens (tertiary/aromatic N) is 1. The van der Waals surface area contributed by atoms with Crippen molar-refractivity contribution in [1.82, 2.24) is 0 Å². The molecule has 0 atom stereocenters. The van der Waals surface area contributed by atoms with Crippen LogP contribution in [0.5, 0.6) is 0 Å². The summed E-state index contributed by atoms with van der Waals surface area (Å²) in [7, 11) is -2.02. The van der Waals surface area contributed by atoms with Gasteiger partial charge in [-0.3, -0.25) is 0 Å². The Balaban J connectivity index is 2.33. The molecule has 1 saturated heterocycles. The Morgan fingerprint density at radius 2 is 1.71 bits per heavy atom. The Kier molecular flexibility index (Phi) is 2.54. The molecule has 1 aliphatic heterocycles. The zero-order chi connectivity index (χ0) is 10.0. The van der Waals surface area contributed by atoms with Gasteiger partial charge in [0, 0.05) is 11.5 Å². The number of halogens is 1. The van der Waals surface area contributed by atoms with Crippen molar-refractivity contribution < 1.29 is 8.60 Å². The topological polar surface area (TPSA) is 29.4 Å². The lowest BCUT2D eigenvalue weighted by atomic mass is 10.3. The van der Waals surface area contributed by atoms with E-state index in [1.54, 1.807) is 12.1 Å². The molecule has 0 aromatic heterocycles. The van der Waals surface area contributed by atoms with Gasteiger partial charge >= 0.3 is 0 Å². The second-order valence-corrected chi connectivity index (χ2v) is 6.00. The van der Waals surface area contributed by atoms with Crippen molar-refractivity contribution in [3.8, 4) is 0 Å². The largest absolute Gasteiger partial charge is 0.249 e. The molecule has 0 bridgehead atoms. The molecule has 0 radical (unpaired) electrons. The van der Waals surface area contributed by atoms with E-state index in [-0.39, 0.29) is 5.82 Å².